The van der Waals surface area contributed by atoms with E-state index in [0.29, 0.717) is 5.92 Å². The minimum atomic E-state index is 0.188. The van der Waals surface area contributed by atoms with Crippen LogP contribution in [0.3, 0.4) is 0 Å². The van der Waals surface area contributed by atoms with Crippen LogP contribution < -0.4 is 5.32 Å². The standard InChI is InChI=1S/C12H23N3O/c1-4-12(9-16)13-5-11-6-14-15(8-11)7-10(2)3/h6,8,10,12-13,16H,4-5,7,9H2,1-3H3/t12-/m1/s1. The fourth-order valence-corrected chi connectivity index (χ4v) is 1.57. The minimum Gasteiger partial charge on any atom is -0.395 e. The monoisotopic (exact) mass is 225 g/mol. The highest BCUT2D eigenvalue weighted by Gasteiger charge is 2.05. The molecule has 1 atom stereocenters. The van der Waals surface area contributed by atoms with Crippen molar-refractivity contribution in [1.29, 1.82) is 0 Å². The van der Waals surface area contributed by atoms with Gasteiger partial charge >= 0.3 is 0 Å². The number of aliphatic hydroxyl groups is 1. The number of hydrogen-bond donors (Lipinski definition) is 2. The van der Waals surface area contributed by atoms with Crippen LogP contribution in [-0.4, -0.2) is 27.5 Å². The summed E-state index contributed by atoms with van der Waals surface area (Å²) < 4.78 is 1.97. The van der Waals surface area contributed by atoms with Gasteiger partial charge in [0, 0.05) is 30.9 Å². The molecule has 0 aliphatic heterocycles. The Morgan fingerprint density at radius 1 is 1.50 bits per heavy atom. The van der Waals surface area contributed by atoms with E-state index in [9.17, 15) is 0 Å². The first-order valence-electron chi connectivity index (χ1n) is 6.01. The molecule has 2 N–H and O–H groups in total. The summed E-state index contributed by atoms with van der Waals surface area (Å²) in [4.78, 5) is 0. The molecule has 0 aliphatic carbocycles. The molecular formula is C12H23N3O. The van der Waals surface area contributed by atoms with E-state index in [4.69, 9.17) is 5.11 Å². The van der Waals surface area contributed by atoms with Crippen LogP contribution in [0.1, 0.15) is 32.8 Å². The number of nitrogens with one attached hydrogen (secondary N) is 1. The van der Waals surface area contributed by atoms with E-state index < -0.39 is 0 Å². The number of hydrogen-bond acceptors (Lipinski definition) is 3. The predicted octanol–water partition coefficient (Wildman–Crippen LogP) is 1.40. The van der Waals surface area contributed by atoms with E-state index in [1.165, 1.54) is 5.56 Å². The summed E-state index contributed by atoms with van der Waals surface area (Å²) in [5.74, 6) is 0.613. The lowest BCUT2D eigenvalue weighted by Gasteiger charge is -2.12. The predicted molar refractivity (Wildman–Crippen MR) is 65.1 cm³/mol. The SMILES string of the molecule is CC[C@H](CO)NCc1cnn(CC(C)C)c1. The largest absolute Gasteiger partial charge is 0.395 e. The average molecular weight is 225 g/mol. The Bertz CT molecular complexity index is 292. The molecule has 92 valence electrons. The van der Waals surface area contributed by atoms with Crippen molar-refractivity contribution in [1.82, 2.24) is 15.1 Å². The van der Waals surface area contributed by atoms with Crippen molar-refractivity contribution in [3.05, 3.63) is 18.0 Å². The van der Waals surface area contributed by atoms with Crippen LogP contribution >= 0.6 is 0 Å². The summed E-state index contributed by atoms with van der Waals surface area (Å²) in [6, 6.07) is 0.188. The molecule has 0 aliphatic rings. The molecular weight excluding hydrogens is 202 g/mol. The van der Waals surface area contributed by atoms with Gasteiger partial charge in [0.1, 0.15) is 0 Å². The summed E-state index contributed by atoms with van der Waals surface area (Å²) in [7, 11) is 0. The van der Waals surface area contributed by atoms with Crippen LogP contribution in [0.15, 0.2) is 12.4 Å². The zero-order chi connectivity index (χ0) is 12.0. The maximum Gasteiger partial charge on any atom is 0.0584 e. The van der Waals surface area contributed by atoms with E-state index >= 15 is 0 Å². The van der Waals surface area contributed by atoms with Crippen LogP contribution in [0.4, 0.5) is 0 Å². The Morgan fingerprint density at radius 3 is 2.81 bits per heavy atom. The van der Waals surface area contributed by atoms with Gasteiger partial charge in [-0.25, -0.2) is 0 Å². The zero-order valence-corrected chi connectivity index (χ0v) is 10.5. The van der Waals surface area contributed by atoms with Gasteiger partial charge in [-0.05, 0) is 12.3 Å². The Hall–Kier alpha value is -0.870. The summed E-state index contributed by atoms with van der Waals surface area (Å²) >= 11 is 0. The van der Waals surface area contributed by atoms with Crippen molar-refractivity contribution in [2.45, 2.75) is 46.3 Å². The van der Waals surface area contributed by atoms with Crippen molar-refractivity contribution >= 4 is 0 Å². The number of aromatic nitrogens is 2. The Balaban J connectivity index is 2.39. The third kappa shape index (κ3) is 4.33. The van der Waals surface area contributed by atoms with Gasteiger partial charge in [0.05, 0.1) is 12.8 Å². The van der Waals surface area contributed by atoms with Crippen molar-refractivity contribution in [2.75, 3.05) is 6.61 Å². The summed E-state index contributed by atoms with van der Waals surface area (Å²) in [6.45, 7) is 8.35. The molecule has 0 aromatic carbocycles. The van der Waals surface area contributed by atoms with Gasteiger partial charge in [0.15, 0.2) is 0 Å². The zero-order valence-electron chi connectivity index (χ0n) is 10.5. The lowest BCUT2D eigenvalue weighted by Crippen LogP contribution is -2.31. The second kappa shape index (κ2) is 6.66. The fourth-order valence-electron chi connectivity index (χ4n) is 1.57. The van der Waals surface area contributed by atoms with Crippen LogP contribution in [0.5, 0.6) is 0 Å². The van der Waals surface area contributed by atoms with Crippen molar-refractivity contribution < 1.29 is 5.11 Å². The third-order valence-electron chi connectivity index (χ3n) is 2.55. The van der Waals surface area contributed by atoms with Gasteiger partial charge in [-0.3, -0.25) is 4.68 Å². The number of nitrogens with zero attached hydrogens (tertiary/aromatic N) is 2. The van der Waals surface area contributed by atoms with Crippen LogP contribution in [0.25, 0.3) is 0 Å². The summed E-state index contributed by atoms with van der Waals surface area (Å²) in [5.41, 5.74) is 1.17. The first-order chi connectivity index (χ1) is 7.65. The van der Waals surface area contributed by atoms with E-state index in [1.807, 2.05) is 10.9 Å². The lowest BCUT2D eigenvalue weighted by molar-refractivity contribution is 0.238. The van der Waals surface area contributed by atoms with Crippen molar-refractivity contribution in [3.63, 3.8) is 0 Å². The molecule has 0 spiro atoms. The molecule has 4 nitrogen and oxygen atoms in total. The van der Waals surface area contributed by atoms with E-state index in [2.05, 4.69) is 37.4 Å². The van der Waals surface area contributed by atoms with E-state index in [-0.39, 0.29) is 12.6 Å². The normalized spacial score (nSPS) is 13.3. The fraction of sp³-hybridized carbons (Fsp3) is 0.750. The highest BCUT2D eigenvalue weighted by atomic mass is 16.3. The number of rotatable bonds is 7. The molecule has 1 heterocycles. The third-order valence-corrected chi connectivity index (χ3v) is 2.55. The molecule has 16 heavy (non-hydrogen) atoms. The maximum atomic E-state index is 9.04. The van der Waals surface area contributed by atoms with Gasteiger partial charge in [0.25, 0.3) is 0 Å². The average Bonchev–Trinajstić information content (AvgIpc) is 2.66. The van der Waals surface area contributed by atoms with E-state index in [1.54, 1.807) is 0 Å². The van der Waals surface area contributed by atoms with Gasteiger partial charge < -0.3 is 10.4 Å². The van der Waals surface area contributed by atoms with E-state index in [0.717, 1.165) is 19.5 Å². The van der Waals surface area contributed by atoms with Gasteiger partial charge in [-0.1, -0.05) is 20.8 Å². The molecule has 1 aromatic rings. The van der Waals surface area contributed by atoms with Gasteiger partial charge in [-0.15, -0.1) is 0 Å². The Labute approximate surface area is 97.7 Å². The van der Waals surface area contributed by atoms with Crippen molar-refractivity contribution in [3.8, 4) is 0 Å². The molecule has 1 rings (SSSR count). The summed E-state index contributed by atoms with van der Waals surface area (Å²) in [6.07, 6.45) is 4.90. The highest BCUT2D eigenvalue weighted by Crippen LogP contribution is 2.02. The molecule has 0 saturated heterocycles. The Morgan fingerprint density at radius 2 is 2.25 bits per heavy atom. The van der Waals surface area contributed by atoms with Crippen LogP contribution in [0.2, 0.25) is 0 Å². The van der Waals surface area contributed by atoms with Crippen LogP contribution in [0, 0.1) is 5.92 Å². The smallest absolute Gasteiger partial charge is 0.0584 e. The molecule has 0 amide bonds. The Kier molecular flexibility index (Phi) is 5.49. The molecule has 1 aromatic heterocycles. The first-order valence-corrected chi connectivity index (χ1v) is 6.01. The number of aliphatic hydroxyl groups excluding tert-OH is 1. The second-order valence-corrected chi connectivity index (χ2v) is 4.63. The quantitative estimate of drug-likeness (QED) is 0.737. The minimum absolute atomic E-state index is 0.188. The van der Waals surface area contributed by atoms with Gasteiger partial charge in [0.2, 0.25) is 0 Å². The van der Waals surface area contributed by atoms with Crippen LogP contribution in [-0.2, 0) is 13.1 Å². The van der Waals surface area contributed by atoms with Gasteiger partial charge in [-0.2, -0.15) is 5.10 Å². The molecule has 0 bridgehead atoms. The lowest BCUT2D eigenvalue weighted by atomic mass is 10.2. The second-order valence-electron chi connectivity index (χ2n) is 4.63. The molecule has 0 saturated carbocycles. The maximum absolute atomic E-state index is 9.04. The topological polar surface area (TPSA) is 50.1 Å². The molecule has 0 radical (unpaired) electrons. The van der Waals surface area contributed by atoms with Crippen molar-refractivity contribution in [2.24, 2.45) is 5.92 Å². The molecule has 4 heteroatoms. The first kappa shape index (κ1) is 13.2. The molecule has 0 fully saturated rings. The summed E-state index contributed by atoms with van der Waals surface area (Å²) in [5, 5.41) is 16.6. The highest BCUT2D eigenvalue weighted by molar-refractivity contribution is 5.03. The molecule has 0 unspecified atom stereocenters.